The number of aryl methyl sites for hydroxylation is 2. The van der Waals surface area contributed by atoms with Gasteiger partial charge in [0.1, 0.15) is 0 Å². The van der Waals surface area contributed by atoms with Crippen LogP contribution in [0.1, 0.15) is 36.1 Å². The van der Waals surface area contributed by atoms with E-state index in [-0.39, 0.29) is 12.5 Å². The molecule has 1 heterocycles. The zero-order valence-electron chi connectivity index (χ0n) is 19.9. The minimum absolute atomic E-state index is 0.222. The predicted octanol–water partition coefficient (Wildman–Crippen LogP) is 3.52. The van der Waals surface area contributed by atoms with Gasteiger partial charge < -0.3 is 30.2 Å². The van der Waals surface area contributed by atoms with E-state index in [0.717, 1.165) is 16.8 Å². The van der Waals surface area contributed by atoms with E-state index in [1.54, 1.807) is 18.2 Å². The summed E-state index contributed by atoms with van der Waals surface area (Å²) in [5.41, 5.74) is 4.19. The lowest BCUT2D eigenvalue weighted by Gasteiger charge is -2.29. The van der Waals surface area contributed by atoms with E-state index in [4.69, 9.17) is 14.2 Å². The molecular weight excluding hydrogens is 438 g/mol. The van der Waals surface area contributed by atoms with Gasteiger partial charge in [0.25, 0.3) is 5.91 Å². The third-order valence-corrected chi connectivity index (χ3v) is 5.45. The van der Waals surface area contributed by atoms with Crippen molar-refractivity contribution in [3.8, 4) is 11.5 Å². The molecule has 1 aliphatic heterocycles. The number of urea groups is 1. The molecule has 9 heteroatoms. The number of carbonyl (C=O) groups excluding carboxylic acids is 3. The van der Waals surface area contributed by atoms with Gasteiger partial charge in [-0.05, 0) is 49.6 Å². The Balaban J connectivity index is 1.79. The van der Waals surface area contributed by atoms with Crippen LogP contribution in [0.2, 0.25) is 0 Å². The number of carbonyl (C=O) groups is 3. The molecule has 0 fully saturated rings. The van der Waals surface area contributed by atoms with Crippen LogP contribution in [0.5, 0.6) is 11.5 Å². The molecule has 2 aromatic carbocycles. The monoisotopic (exact) mass is 467 g/mol. The molecule has 0 aliphatic carbocycles. The fourth-order valence-corrected chi connectivity index (χ4v) is 3.76. The molecule has 0 spiro atoms. The summed E-state index contributed by atoms with van der Waals surface area (Å²) in [6, 6.07) is 9.60. The highest BCUT2D eigenvalue weighted by molar-refractivity contribution is 5.95. The SMILES string of the molecule is CCC1=C(C(=O)OC)C(c2ccc(OCC(=O)Nc3ccc(C)cc3C)c(OC)c2)NC(=O)N1. The second-order valence-electron chi connectivity index (χ2n) is 7.83. The van der Waals surface area contributed by atoms with E-state index in [9.17, 15) is 14.4 Å². The van der Waals surface area contributed by atoms with Gasteiger partial charge in [-0.1, -0.05) is 30.7 Å². The molecule has 3 amide bonds. The summed E-state index contributed by atoms with van der Waals surface area (Å²) in [5, 5.41) is 8.24. The van der Waals surface area contributed by atoms with Gasteiger partial charge in [-0.2, -0.15) is 0 Å². The molecule has 1 unspecified atom stereocenters. The van der Waals surface area contributed by atoms with Crippen molar-refractivity contribution >= 4 is 23.6 Å². The van der Waals surface area contributed by atoms with E-state index in [0.29, 0.717) is 34.8 Å². The molecule has 3 rings (SSSR count). The van der Waals surface area contributed by atoms with Gasteiger partial charge in [-0.3, -0.25) is 4.79 Å². The van der Waals surface area contributed by atoms with Crippen LogP contribution >= 0.6 is 0 Å². The average Bonchev–Trinajstić information content (AvgIpc) is 2.83. The van der Waals surface area contributed by atoms with Crippen molar-refractivity contribution in [2.75, 3.05) is 26.1 Å². The number of allylic oxidation sites excluding steroid dienone is 1. The van der Waals surface area contributed by atoms with Gasteiger partial charge in [-0.15, -0.1) is 0 Å². The minimum Gasteiger partial charge on any atom is -0.493 e. The molecule has 1 atom stereocenters. The Hall–Kier alpha value is -4.01. The highest BCUT2D eigenvalue weighted by Crippen LogP contribution is 2.35. The number of ether oxygens (including phenoxy) is 3. The number of hydrogen-bond donors (Lipinski definition) is 3. The Morgan fingerprint density at radius 3 is 2.47 bits per heavy atom. The maximum absolute atomic E-state index is 12.4. The predicted molar refractivity (Wildman–Crippen MR) is 127 cm³/mol. The van der Waals surface area contributed by atoms with Crippen molar-refractivity contribution in [2.24, 2.45) is 0 Å². The van der Waals surface area contributed by atoms with E-state index in [2.05, 4.69) is 16.0 Å². The number of rotatable bonds is 8. The Bertz CT molecular complexity index is 1140. The van der Waals surface area contributed by atoms with Gasteiger partial charge in [0, 0.05) is 11.4 Å². The summed E-state index contributed by atoms with van der Waals surface area (Å²) in [6.45, 7) is 5.52. The maximum atomic E-state index is 12.4. The third kappa shape index (κ3) is 5.48. The molecule has 0 aromatic heterocycles. The normalized spacial score (nSPS) is 15.2. The number of nitrogens with one attached hydrogen (secondary N) is 3. The van der Waals surface area contributed by atoms with Crippen molar-refractivity contribution < 1.29 is 28.6 Å². The topological polar surface area (TPSA) is 115 Å². The van der Waals surface area contributed by atoms with Crippen LogP contribution in [0, 0.1) is 13.8 Å². The third-order valence-electron chi connectivity index (χ3n) is 5.45. The summed E-state index contributed by atoms with van der Waals surface area (Å²) in [4.78, 5) is 37.0. The summed E-state index contributed by atoms with van der Waals surface area (Å²) in [6.07, 6.45) is 0.447. The zero-order valence-corrected chi connectivity index (χ0v) is 19.9. The Kier molecular flexibility index (Phi) is 7.78. The maximum Gasteiger partial charge on any atom is 0.337 e. The number of esters is 1. The Morgan fingerprint density at radius 2 is 1.82 bits per heavy atom. The number of hydrogen-bond acceptors (Lipinski definition) is 6. The first-order valence-corrected chi connectivity index (χ1v) is 10.8. The fourth-order valence-electron chi connectivity index (χ4n) is 3.76. The van der Waals surface area contributed by atoms with Crippen LogP contribution in [0.15, 0.2) is 47.7 Å². The van der Waals surface area contributed by atoms with Gasteiger partial charge in [0.15, 0.2) is 18.1 Å². The second-order valence-corrected chi connectivity index (χ2v) is 7.83. The van der Waals surface area contributed by atoms with Crippen LogP contribution in [-0.4, -0.2) is 38.7 Å². The Labute approximate surface area is 198 Å². The van der Waals surface area contributed by atoms with Crippen LogP contribution in [0.25, 0.3) is 0 Å². The first-order valence-electron chi connectivity index (χ1n) is 10.8. The van der Waals surface area contributed by atoms with E-state index < -0.39 is 18.0 Å². The van der Waals surface area contributed by atoms with E-state index >= 15 is 0 Å². The standard InChI is InChI=1S/C25H29N3O6/c1-6-17-22(24(30)33-5)23(28-25(31)27-17)16-8-10-19(20(12-16)32-4)34-13-21(29)26-18-9-7-14(2)11-15(18)3/h7-12,23H,6,13H2,1-5H3,(H,26,29)(H2,27,28,31). The van der Waals surface area contributed by atoms with E-state index in [1.807, 2.05) is 39.0 Å². The fraction of sp³-hybridized carbons (Fsp3) is 0.320. The number of anilines is 1. The van der Waals surface area contributed by atoms with Gasteiger partial charge in [-0.25, -0.2) is 9.59 Å². The zero-order chi connectivity index (χ0) is 24.8. The molecule has 0 radical (unpaired) electrons. The van der Waals surface area contributed by atoms with Crippen LogP contribution in [0.4, 0.5) is 10.5 Å². The molecule has 3 N–H and O–H groups in total. The molecule has 1 aliphatic rings. The molecule has 0 bridgehead atoms. The van der Waals surface area contributed by atoms with Crippen molar-refractivity contribution in [1.29, 1.82) is 0 Å². The molecule has 9 nitrogen and oxygen atoms in total. The van der Waals surface area contributed by atoms with Gasteiger partial charge >= 0.3 is 12.0 Å². The lowest BCUT2D eigenvalue weighted by Crippen LogP contribution is -2.45. The smallest absolute Gasteiger partial charge is 0.337 e. The summed E-state index contributed by atoms with van der Waals surface area (Å²) < 4.78 is 16.1. The highest BCUT2D eigenvalue weighted by atomic mass is 16.5. The first-order chi connectivity index (χ1) is 16.3. The van der Waals surface area contributed by atoms with Crippen molar-refractivity contribution in [3.63, 3.8) is 0 Å². The summed E-state index contributed by atoms with van der Waals surface area (Å²) >= 11 is 0. The molecule has 0 saturated carbocycles. The minimum atomic E-state index is -0.730. The van der Waals surface area contributed by atoms with E-state index in [1.165, 1.54) is 14.2 Å². The number of methoxy groups -OCH3 is 2. The second kappa shape index (κ2) is 10.7. The van der Waals surface area contributed by atoms with Crippen LogP contribution < -0.4 is 25.4 Å². The van der Waals surface area contributed by atoms with Crippen molar-refractivity contribution in [3.05, 3.63) is 64.4 Å². The Morgan fingerprint density at radius 1 is 1.06 bits per heavy atom. The molecule has 2 aromatic rings. The summed E-state index contributed by atoms with van der Waals surface area (Å²) in [7, 11) is 2.76. The van der Waals surface area contributed by atoms with Crippen molar-refractivity contribution in [1.82, 2.24) is 10.6 Å². The summed E-state index contributed by atoms with van der Waals surface area (Å²) in [5.74, 6) is -0.155. The average molecular weight is 468 g/mol. The molecule has 34 heavy (non-hydrogen) atoms. The van der Waals surface area contributed by atoms with Gasteiger partial charge in [0.2, 0.25) is 0 Å². The number of benzene rings is 2. The van der Waals surface area contributed by atoms with Gasteiger partial charge in [0.05, 0.1) is 25.8 Å². The number of amides is 3. The highest BCUT2D eigenvalue weighted by Gasteiger charge is 2.33. The lowest BCUT2D eigenvalue weighted by molar-refractivity contribution is -0.136. The lowest BCUT2D eigenvalue weighted by atomic mass is 9.94. The van der Waals surface area contributed by atoms with Crippen molar-refractivity contribution in [2.45, 2.75) is 33.2 Å². The van der Waals surface area contributed by atoms with Crippen LogP contribution in [0.3, 0.4) is 0 Å². The largest absolute Gasteiger partial charge is 0.493 e. The molecule has 180 valence electrons. The van der Waals surface area contributed by atoms with Crippen LogP contribution in [-0.2, 0) is 14.3 Å². The first kappa shape index (κ1) is 24.6. The molecular formula is C25H29N3O6. The quantitative estimate of drug-likeness (QED) is 0.512. The molecule has 0 saturated heterocycles.